The summed E-state index contributed by atoms with van der Waals surface area (Å²) in [6, 6.07) is 9.40. The van der Waals surface area contributed by atoms with Gasteiger partial charge in [-0.2, -0.15) is 5.26 Å². The van der Waals surface area contributed by atoms with E-state index in [2.05, 4.69) is 32.0 Å². The first-order valence-electron chi connectivity index (χ1n) is 5.35. The molecule has 5 heteroatoms. The molecule has 0 spiro atoms. The maximum Gasteiger partial charge on any atom is 0.229 e. The fourth-order valence-corrected chi connectivity index (χ4v) is 1.75. The fourth-order valence-electron chi connectivity index (χ4n) is 1.47. The molecule has 0 unspecified atom stereocenters. The summed E-state index contributed by atoms with van der Waals surface area (Å²) >= 11 is 3.36. The average Bonchev–Trinajstić information content (AvgIpc) is 2.47. The van der Waals surface area contributed by atoms with E-state index in [1.807, 2.05) is 24.1 Å². The van der Waals surface area contributed by atoms with Gasteiger partial charge in [0, 0.05) is 30.5 Å². The maximum absolute atomic E-state index is 8.75. The first kappa shape index (κ1) is 12.5. The van der Waals surface area contributed by atoms with E-state index in [4.69, 9.17) is 5.26 Å². The van der Waals surface area contributed by atoms with Crippen molar-refractivity contribution in [2.75, 3.05) is 11.9 Å². The lowest BCUT2D eigenvalue weighted by Gasteiger charge is -2.16. The van der Waals surface area contributed by atoms with Crippen molar-refractivity contribution in [3.8, 4) is 6.07 Å². The molecule has 0 saturated heterocycles. The van der Waals surface area contributed by atoms with Gasteiger partial charge < -0.3 is 4.90 Å². The number of nitriles is 1. The highest BCUT2D eigenvalue weighted by Gasteiger charge is 2.06. The van der Waals surface area contributed by atoms with E-state index in [1.165, 1.54) is 0 Å². The lowest BCUT2D eigenvalue weighted by Crippen LogP contribution is -2.12. The Bertz CT molecular complexity index is 557. The van der Waals surface area contributed by atoms with Gasteiger partial charge in [0.15, 0.2) is 0 Å². The van der Waals surface area contributed by atoms with Crippen molar-refractivity contribution in [2.24, 2.45) is 0 Å². The van der Waals surface area contributed by atoms with Crippen LogP contribution < -0.4 is 4.90 Å². The summed E-state index contributed by atoms with van der Waals surface area (Å²) < 4.78 is 0. The van der Waals surface area contributed by atoms with Crippen LogP contribution >= 0.6 is 15.9 Å². The first-order chi connectivity index (χ1) is 8.74. The van der Waals surface area contributed by atoms with Gasteiger partial charge in [0.25, 0.3) is 0 Å². The molecule has 0 aliphatic carbocycles. The molecule has 0 radical (unpaired) electrons. The van der Waals surface area contributed by atoms with Crippen LogP contribution in [0.5, 0.6) is 0 Å². The molecule has 2 aromatic rings. The molecule has 0 amide bonds. The van der Waals surface area contributed by atoms with E-state index < -0.39 is 0 Å². The van der Waals surface area contributed by atoms with Gasteiger partial charge in [0.05, 0.1) is 11.6 Å². The van der Waals surface area contributed by atoms with Gasteiger partial charge in [-0.15, -0.1) is 0 Å². The zero-order chi connectivity index (χ0) is 13.0. The Morgan fingerprint density at radius 1 is 1.22 bits per heavy atom. The van der Waals surface area contributed by atoms with Crippen molar-refractivity contribution in [2.45, 2.75) is 5.33 Å². The molecule has 1 heterocycles. The second-order valence-corrected chi connectivity index (χ2v) is 4.30. The molecule has 4 nitrogen and oxygen atoms in total. The van der Waals surface area contributed by atoms with Crippen LogP contribution in [0.2, 0.25) is 0 Å². The van der Waals surface area contributed by atoms with E-state index >= 15 is 0 Å². The van der Waals surface area contributed by atoms with Crippen LogP contribution in [0, 0.1) is 11.3 Å². The first-order valence-corrected chi connectivity index (χ1v) is 6.47. The number of aromatic nitrogens is 2. The third kappa shape index (κ3) is 2.66. The molecule has 0 aliphatic rings. The minimum Gasteiger partial charge on any atom is -0.314 e. The van der Waals surface area contributed by atoms with Gasteiger partial charge in [-0.05, 0) is 29.8 Å². The molecule has 0 atom stereocenters. The number of benzene rings is 1. The molecule has 0 aliphatic heterocycles. The van der Waals surface area contributed by atoms with Crippen molar-refractivity contribution < 1.29 is 0 Å². The van der Waals surface area contributed by atoms with Crippen LogP contribution in [0.1, 0.15) is 11.1 Å². The Labute approximate surface area is 114 Å². The number of halogens is 1. The minimum absolute atomic E-state index is 0.629. The number of alkyl halides is 1. The predicted molar refractivity (Wildman–Crippen MR) is 73.9 cm³/mol. The average molecular weight is 303 g/mol. The molecule has 18 heavy (non-hydrogen) atoms. The van der Waals surface area contributed by atoms with Crippen LogP contribution in [0.4, 0.5) is 11.6 Å². The lowest BCUT2D eigenvalue weighted by atomic mass is 10.2. The molecule has 2 rings (SSSR count). The third-order valence-electron chi connectivity index (χ3n) is 2.53. The third-order valence-corrected chi connectivity index (χ3v) is 3.18. The second kappa shape index (κ2) is 5.61. The summed E-state index contributed by atoms with van der Waals surface area (Å²) in [7, 11) is 1.89. The number of hydrogen-bond donors (Lipinski definition) is 0. The zero-order valence-electron chi connectivity index (χ0n) is 9.84. The Kier molecular flexibility index (Phi) is 3.90. The van der Waals surface area contributed by atoms with Crippen molar-refractivity contribution >= 4 is 27.6 Å². The van der Waals surface area contributed by atoms with Crippen LogP contribution in [0.3, 0.4) is 0 Å². The van der Waals surface area contributed by atoms with Crippen LogP contribution in [-0.4, -0.2) is 17.0 Å². The normalized spacial score (nSPS) is 9.83. The standard InChI is InChI=1S/C13H11BrN4/c1-18(12-4-2-10(7-15)3-5-12)13-16-8-11(6-14)9-17-13/h2-5,8-9H,6H2,1H3. The minimum atomic E-state index is 0.629. The van der Waals surface area contributed by atoms with Gasteiger partial charge in [-0.3, -0.25) is 0 Å². The van der Waals surface area contributed by atoms with Crippen molar-refractivity contribution in [1.29, 1.82) is 5.26 Å². The number of anilines is 2. The van der Waals surface area contributed by atoms with E-state index in [9.17, 15) is 0 Å². The summed E-state index contributed by atoms with van der Waals surface area (Å²) in [5.74, 6) is 0.629. The van der Waals surface area contributed by atoms with Crippen molar-refractivity contribution in [1.82, 2.24) is 9.97 Å². The maximum atomic E-state index is 8.75. The Balaban J connectivity index is 2.23. The molecule has 0 N–H and O–H groups in total. The number of nitrogens with zero attached hydrogens (tertiary/aromatic N) is 4. The van der Waals surface area contributed by atoms with E-state index in [0.717, 1.165) is 16.6 Å². The zero-order valence-corrected chi connectivity index (χ0v) is 11.4. The van der Waals surface area contributed by atoms with Crippen molar-refractivity contribution in [3.63, 3.8) is 0 Å². The predicted octanol–water partition coefficient (Wildman–Crippen LogP) is 3.01. The Morgan fingerprint density at radius 2 is 1.83 bits per heavy atom. The van der Waals surface area contributed by atoms with E-state index in [-0.39, 0.29) is 0 Å². The molecule has 0 fully saturated rings. The van der Waals surface area contributed by atoms with Gasteiger partial charge >= 0.3 is 0 Å². The summed E-state index contributed by atoms with van der Waals surface area (Å²) in [4.78, 5) is 10.5. The van der Waals surface area contributed by atoms with E-state index in [0.29, 0.717) is 11.5 Å². The quantitative estimate of drug-likeness (QED) is 0.818. The molecular weight excluding hydrogens is 292 g/mol. The summed E-state index contributed by atoms with van der Waals surface area (Å²) in [5, 5.41) is 9.49. The largest absolute Gasteiger partial charge is 0.314 e. The number of rotatable bonds is 3. The highest BCUT2D eigenvalue weighted by Crippen LogP contribution is 2.20. The molecular formula is C13H11BrN4. The highest BCUT2D eigenvalue weighted by molar-refractivity contribution is 9.08. The molecule has 0 saturated carbocycles. The van der Waals surface area contributed by atoms with Crippen LogP contribution in [0.25, 0.3) is 0 Å². The van der Waals surface area contributed by atoms with Gasteiger partial charge in [-0.1, -0.05) is 15.9 Å². The number of hydrogen-bond acceptors (Lipinski definition) is 4. The second-order valence-electron chi connectivity index (χ2n) is 3.74. The van der Waals surface area contributed by atoms with Gasteiger partial charge in [-0.25, -0.2) is 9.97 Å². The molecule has 90 valence electrons. The van der Waals surface area contributed by atoms with Gasteiger partial charge in [0.2, 0.25) is 5.95 Å². The summed E-state index contributed by atoms with van der Waals surface area (Å²) in [5.41, 5.74) is 2.62. The van der Waals surface area contributed by atoms with Crippen LogP contribution in [-0.2, 0) is 5.33 Å². The molecule has 1 aromatic heterocycles. The SMILES string of the molecule is CN(c1ccc(C#N)cc1)c1ncc(CBr)cn1. The van der Waals surface area contributed by atoms with E-state index in [1.54, 1.807) is 24.5 Å². The molecule has 1 aromatic carbocycles. The monoisotopic (exact) mass is 302 g/mol. The van der Waals surface area contributed by atoms with Crippen molar-refractivity contribution in [3.05, 3.63) is 47.8 Å². The molecule has 0 bridgehead atoms. The summed E-state index contributed by atoms with van der Waals surface area (Å²) in [6.07, 6.45) is 3.58. The summed E-state index contributed by atoms with van der Waals surface area (Å²) in [6.45, 7) is 0. The van der Waals surface area contributed by atoms with Crippen LogP contribution in [0.15, 0.2) is 36.7 Å². The highest BCUT2D eigenvalue weighted by atomic mass is 79.9. The topological polar surface area (TPSA) is 52.8 Å². The smallest absolute Gasteiger partial charge is 0.229 e. The Morgan fingerprint density at radius 3 is 2.33 bits per heavy atom. The van der Waals surface area contributed by atoms with Gasteiger partial charge in [0.1, 0.15) is 0 Å². The fraction of sp³-hybridized carbons (Fsp3) is 0.154. The Hall–Kier alpha value is -1.93. The lowest BCUT2D eigenvalue weighted by molar-refractivity contribution is 1.03.